The van der Waals surface area contributed by atoms with Gasteiger partial charge in [-0.3, -0.25) is 0 Å². The van der Waals surface area contributed by atoms with Crippen molar-refractivity contribution in [2.75, 3.05) is 70.0 Å². The van der Waals surface area contributed by atoms with Gasteiger partial charge in [-0.2, -0.15) is 0 Å². The van der Waals surface area contributed by atoms with Crippen molar-refractivity contribution in [3.05, 3.63) is 35.9 Å². The smallest absolute Gasteiger partial charge is 0.409 e. The maximum atomic E-state index is 10.7. The van der Waals surface area contributed by atoms with Gasteiger partial charge in [0.05, 0.1) is 13.7 Å². The number of amides is 5. The van der Waals surface area contributed by atoms with Crippen molar-refractivity contribution >= 4 is 30.5 Å². The lowest BCUT2D eigenvalue weighted by Crippen LogP contribution is -2.24. The molecule has 0 saturated heterocycles. The molecule has 0 heterocycles. The molecule has 43 heavy (non-hydrogen) atoms. The van der Waals surface area contributed by atoms with Crippen molar-refractivity contribution in [1.29, 1.82) is 0 Å². The first-order valence-corrected chi connectivity index (χ1v) is 12.2. The van der Waals surface area contributed by atoms with Crippen molar-refractivity contribution in [2.24, 2.45) is 0 Å². The Morgan fingerprint density at radius 2 is 1.12 bits per heavy atom. The number of hydrogen-bond donors (Lipinski definition) is 5. The number of methoxy groups -OCH3 is 3. The maximum Gasteiger partial charge on any atom is 0.409 e. The molecule has 1 atom stereocenters. The van der Waals surface area contributed by atoms with Crippen LogP contribution in [0.25, 0.3) is 0 Å². The quantitative estimate of drug-likeness (QED) is 0.219. The lowest BCUT2D eigenvalue weighted by molar-refractivity contribution is -0.0669. The highest BCUT2D eigenvalue weighted by Gasteiger charge is 2.03. The van der Waals surface area contributed by atoms with E-state index in [0.29, 0.717) is 13.2 Å². The molecule has 0 fully saturated rings. The first-order chi connectivity index (χ1) is 20.0. The second-order valence-corrected chi connectivity index (χ2v) is 6.57. The van der Waals surface area contributed by atoms with E-state index < -0.39 is 30.7 Å². The Hall–Kier alpha value is -4.51. The van der Waals surface area contributed by atoms with Crippen LogP contribution in [0.4, 0.5) is 24.0 Å². The summed E-state index contributed by atoms with van der Waals surface area (Å²) in [6, 6.07) is 9.54. The van der Waals surface area contributed by atoms with Gasteiger partial charge in [0.2, 0.25) is 6.29 Å². The minimum absolute atomic E-state index is 0. The fourth-order valence-electron chi connectivity index (χ4n) is 1.54. The number of nitrogens with one attached hydrogen (secondary N) is 5. The van der Waals surface area contributed by atoms with E-state index in [1.807, 2.05) is 30.3 Å². The van der Waals surface area contributed by atoms with E-state index in [-0.39, 0.29) is 20.3 Å². The van der Waals surface area contributed by atoms with Crippen LogP contribution in [0, 0.1) is 0 Å². The number of benzene rings is 1. The van der Waals surface area contributed by atoms with Gasteiger partial charge in [0.15, 0.2) is 6.79 Å². The Kier molecular flexibility index (Phi) is 42.1. The number of carbonyl (C=O) groups excluding carboxylic acids is 5. The summed E-state index contributed by atoms with van der Waals surface area (Å²) >= 11 is 0. The van der Waals surface area contributed by atoms with Crippen LogP contribution in [0.1, 0.15) is 26.8 Å². The second-order valence-electron chi connectivity index (χ2n) is 6.57. The highest BCUT2D eigenvalue weighted by Crippen LogP contribution is 1.99. The number of rotatable bonds is 7. The molecular formula is C26H51N5O12. The fourth-order valence-corrected chi connectivity index (χ4v) is 1.54. The molecular weight excluding hydrogens is 574 g/mol. The van der Waals surface area contributed by atoms with Gasteiger partial charge in [0, 0.05) is 49.5 Å². The van der Waals surface area contributed by atoms with Gasteiger partial charge in [0.25, 0.3) is 0 Å². The SMILES string of the molecule is C.CCOC(=O)NC.CNC(=O)OC.CNC(=O)OC(C)OC.CNC(=O)OCOC.CNC(=O)OCc1ccccc1. The third-order valence-corrected chi connectivity index (χ3v) is 3.61. The third-order valence-electron chi connectivity index (χ3n) is 3.61. The molecule has 1 rings (SSSR count). The summed E-state index contributed by atoms with van der Waals surface area (Å²) in [5, 5.41) is 11.5. The van der Waals surface area contributed by atoms with Gasteiger partial charge >= 0.3 is 30.5 Å². The van der Waals surface area contributed by atoms with Crippen molar-refractivity contribution in [1.82, 2.24) is 26.6 Å². The van der Waals surface area contributed by atoms with E-state index in [1.54, 1.807) is 13.8 Å². The van der Waals surface area contributed by atoms with Gasteiger partial charge in [-0.05, 0) is 19.4 Å². The molecule has 1 aromatic rings. The normalized spacial score (nSPS) is 8.88. The third kappa shape index (κ3) is 42.1. The minimum Gasteiger partial charge on any atom is -0.453 e. The second kappa shape index (κ2) is 37.5. The predicted octanol–water partition coefficient (Wildman–Crippen LogP) is 2.79. The van der Waals surface area contributed by atoms with Crippen LogP contribution in [0.2, 0.25) is 0 Å². The summed E-state index contributed by atoms with van der Waals surface area (Å²) in [6.45, 7) is 4.14. The van der Waals surface area contributed by atoms with Crippen LogP contribution < -0.4 is 26.6 Å². The van der Waals surface area contributed by atoms with Crippen molar-refractivity contribution < 1.29 is 57.1 Å². The molecule has 0 saturated carbocycles. The van der Waals surface area contributed by atoms with Gasteiger partial charge in [-0.25, -0.2) is 24.0 Å². The first-order valence-electron chi connectivity index (χ1n) is 12.2. The van der Waals surface area contributed by atoms with Gasteiger partial charge in [0.1, 0.15) is 6.61 Å². The summed E-state index contributed by atoms with van der Waals surface area (Å²) in [5.74, 6) is 0. The Labute approximate surface area is 254 Å². The number of alkyl carbamates (subject to hydrolysis) is 5. The minimum atomic E-state index is -0.482. The number of ether oxygens (including phenoxy) is 7. The average molecular weight is 626 g/mol. The van der Waals surface area contributed by atoms with Gasteiger partial charge in [-0.15, -0.1) is 0 Å². The van der Waals surface area contributed by atoms with E-state index in [4.69, 9.17) is 4.74 Å². The topological polar surface area (TPSA) is 210 Å². The summed E-state index contributed by atoms with van der Waals surface area (Å²) in [5.41, 5.74) is 0.987. The van der Waals surface area contributed by atoms with Crippen LogP contribution >= 0.6 is 0 Å². The van der Waals surface area contributed by atoms with Crippen LogP contribution in [-0.2, 0) is 39.8 Å². The average Bonchev–Trinajstić information content (AvgIpc) is 3.03. The van der Waals surface area contributed by atoms with Crippen LogP contribution in [0.3, 0.4) is 0 Å². The zero-order valence-electron chi connectivity index (χ0n) is 26.0. The largest absolute Gasteiger partial charge is 0.453 e. The van der Waals surface area contributed by atoms with E-state index in [0.717, 1.165) is 5.56 Å². The molecule has 5 N–H and O–H groups in total. The van der Waals surface area contributed by atoms with Crippen molar-refractivity contribution in [3.8, 4) is 0 Å². The van der Waals surface area contributed by atoms with Crippen molar-refractivity contribution in [2.45, 2.75) is 34.2 Å². The number of carbonyl (C=O) groups is 5. The molecule has 5 amide bonds. The number of hydrogen-bond acceptors (Lipinski definition) is 12. The molecule has 0 spiro atoms. The zero-order chi connectivity index (χ0) is 33.2. The van der Waals surface area contributed by atoms with Gasteiger partial charge < -0.3 is 59.7 Å². The van der Waals surface area contributed by atoms with E-state index in [9.17, 15) is 24.0 Å². The molecule has 252 valence electrons. The van der Waals surface area contributed by atoms with Crippen LogP contribution in [0.15, 0.2) is 30.3 Å². The summed E-state index contributed by atoms with van der Waals surface area (Å²) in [7, 11) is 11.8. The molecule has 0 aliphatic heterocycles. The molecule has 17 nitrogen and oxygen atoms in total. The monoisotopic (exact) mass is 625 g/mol. The van der Waals surface area contributed by atoms with Crippen LogP contribution in [0.5, 0.6) is 0 Å². The highest BCUT2D eigenvalue weighted by molar-refractivity contribution is 5.67. The molecule has 1 aromatic carbocycles. The Morgan fingerprint density at radius 3 is 1.44 bits per heavy atom. The van der Waals surface area contributed by atoms with E-state index in [1.165, 1.54) is 56.6 Å². The van der Waals surface area contributed by atoms with Gasteiger partial charge in [-0.1, -0.05) is 37.8 Å². The summed E-state index contributed by atoms with van der Waals surface area (Å²) in [4.78, 5) is 51.1. The molecule has 17 heteroatoms. The lowest BCUT2D eigenvalue weighted by Gasteiger charge is -2.09. The van der Waals surface area contributed by atoms with Crippen molar-refractivity contribution in [3.63, 3.8) is 0 Å². The molecule has 1 unspecified atom stereocenters. The highest BCUT2D eigenvalue weighted by atomic mass is 16.7. The van der Waals surface area contributed by atoms with E-state index in [2.05, 4.69) is 55.0 Å². The summed E-state index contributed by atoms with van der Waals surface area (Å²) in [6.07, 6.45) is -2.63. The maximum absolute atomic E-state index is 10.7. The molecule has 0 aliphatic carbocycles. The summed E-state index contributed by atoms with van der Waals surface area (Å²) < 4.78 is 31.4. The molecule has 0 radical (unpaired) electrons. The first kappa shape index (κ1) is 48.2. The molecule has 0 bridgehead atoms. The standard InChI is InChI=1S/C9H11NO2.C5H11NO3.C4H9NO3.C4H9NO2.C3H7NO2.CH4/c1-10-9(11)12-7-8-5-3-2-4-6-8;1-4(8-3)9-5(7)6-2;1-5-4(6)8-3-7-2;1-3-7-4(6)5-2;1-4-3(5)6-2;/h2-6H,7H2,1H3,(H,10,11);4H,1-3H3,(H,6,7);3H2,1-2H3,(H,5,6);3H2,1-2H3,(H,5,6);1-2H3,(H,4,5);1H4. The van der Waals surface area contributed by atoms with Crippen LogP contribution in [-0.4, -0.2) is 107 Å². The fraction of sp³-hybridized carbons (Fsp3) is 0.577. The Balaban J connectivity index is -0.000000142. The molecule has 0 aliphatic rings. The lowest BCUT2D eigenvalue weighted by atomic mass is 10.2. The Bertz CT molecular complexity index is 811. The zero-order valence-corrected chi connectivity index (χ0v) is 26.0. The predicted molar refractivity (Wildman–Crippen MR) is 159 cm³/mol. The van der Waals surface area contributed by atoms with E-state index >= 15 is 0 Å². The Morgan fingerprint density at radius 1 is 0.674 bits per heavy atom. The molecule has 0 aromatic heterocycles.